The second-order valence-corrected chi connectivity index (χ2v) is 10.9. The first-order valence-electron chi connectivity index (χ1n) is 15.1. The van der Waals surface area contributed by atoms with E-state index in [0.29, 0.717) is 0 Å². The molecular weight excluding hydrogens is 550 g/mol. The van der Waals surface area contributed by atoms with Gasteiger partial charge < -0.3 is 14.8 Å². The van der Waals surface area contributed by atoms with Crippen molar-refractivity contribution in [2.24, 2.45) is 9.98 Å². The first kappa shape index (κ1) is 27.9. The molecule has 5 heteroatoms. The molecule has 3 heterocycles. The third-order valence-electron chi connectivity index (χ3n) is 8.09. The van der Waals surface area contributed by atoms with Crippen LogP contribution in [0.15, 0.2) is 179 Å². The van der Waals surface area contributed by atoms with Crippen LogP contribution in [0.3, 0.4) is 0 Å². The van der Waals surface area contributed by atoms with Crippen LogP contribution in [0, 0.1) is 0 Å². The Kier molecular flexibility index (Phi) is 7.65. The molecule has 2 aliphatic heterocycles. The predicted molar refractivity (Wildman–Crippen MR) is 189 cm³/mol. The van der Waals surface area contributed by atoms with Crippen molar-refractivity contribution in [3.8, 4) is 0 Å². The lowest BCUT2D eigenvalue weighted by molar-refractivity contribution is 1.24. The van der Waals surface area contributed by atoms with Crippen LogP contribution >= 0.6 is 0 Å². The largest absolute Gasteiger partial charge is 0.354 e. The van der Waals surface area contributed by atoms with Crippen molar-refractivity contribution in [2.45, 2.75) is 0 Å². The van der Waals surface area contributed by atoms with Crippen molar-refractivity contribution in [1.29, 1.82) is 0 Å². The molecule has 0 saturated heterocycles. The number of allylic oxidation sites excluding steroid dienone is 2. The van der Waals surface area contributed by atoms with E-state index in [9.17, 15) is 0 Å². The Balaban J connectivity index is 1.32. The van der Waals surface area contributed by atoms with Gasteiger partial charge in [-0.2, -0.15) is 0 Å². The number of aliphatic imine (C=N–C) groups is 2. The third kappa shape index (κ3) is 5.71. The molecule has 7 rings (SSSR count). The summed E-state index contributed by atoms with van der Waals surface area (Å²) in [5, 5.41) is 0. The minimum absolute atomic E-state index is 0.893. The van der Waals surface area contributed by atoms with Crippen molar-refractivity contribution in [2.75, 3.05) is 23.9 Å². The Morgan fingerprint density at radius 2 is 0.800 bits per heavy atom. The van der Waals surface area contributed by atoms with E-state index >= 15 is 0 Å². The highest BCUT2D eigenvalue weighted by molar-refractivity contribution is 6.10. The number of rotatable bonds is 6. The molecule has 5 nitrogen and oxygen atoms in total. The van der Waals surface area contributed by atoms with Gasteiger partial charge in [-0.1, -0.05) is 97.1 Å². The number of benzene rings is 4. The summed E-state index contributed by atoms with van der Waals surface area (Å²) in [6.45, 7) is 0. The summed E-state index contributed by atoms with van der Waals surface area (Å²) in [5.41, 5.74) is 10.3. The molecule has 0 radical (unpaired) electrons. The molecule has 218 valence electrons. The van der Waals surface area contributed by atoms with Gasteiger partial charge in [0.25, 0.3) is 0 Å². The molecule has 5 aromatic rings. The van der Waals surface area contributed by atoms with Crippen molar-refractivity contribution in [3.05, 3.63) is 192 Å². The van der Waals surface area contributed by atoms with E-state index in [0.717, 1.165) is 68.1 Å². The monoisotopic (exact) mass is 583 g/mol. The zero-order valence-electron chi connectivity index (χ0n) is 25.3. The summed E-state index contributed by atoms with van der Waals surface area (Å²) in [4.78, 5) is 18.2. The van der Waals surface area contributed by atoms with Crippen LogP contribution in [0.1, 0.15) is 22.5 Å². The van der Waals surface area contributed by atoms with Crippen LogP contribution in [-0.4, -0.2) is 30.8 Å². The van der Waals surface area contributed by atoms with E-state index in [2.05, 4.69) is 124 Å². The Hall–Kier alpha value is -5.94. The molecular formula is C40H33N5. The predicted octanol–water partition coefficient (Wildman–Crippen LogP) is 8.74. The van der Waals surface area contributed by atoms with E-state index < -0.39 is 0 Å². The molecule has 0 atom stereocenters. The first-order valence-corrected chi connectivity index (χ1v) is 15.1. The number of aromatic amines is 1. The Labute approximate surface area is 264 Å². The second-order valence-electron chi connectivity index (χ2n) is 10.9. The molecule has 0 fully saturated rings. The molecule has 0 spiro atoms. The minimum Gasteiger partial charge on any atom is -0.354 e. The lowest BCUT2D eigenvalue weighted by Gasteiger charge is -2.17. The molecule has 4 aromatic carbocycles. The smallest absolute Gasteiger partial charge is 0.133 e. The van der Waals surface area contributed by atoms with Crippen molar-refractivity contribution >= 4 is 34.2 Å². The van der Waals surface area contributed by atoms with Gasteiger partial charge in [-0.25, -0.2) is 9.98 Å². The average molecular weight is 584 g/mol. The van der Waals surface area contributed by atoms with Gasteiger partial charge in [0, 0.05) is 48.0 Å². The van der Waals surface area contributed by atoms with Gasteiger partial charge in [-0.15, -0.1) is 0 Å². The molecule has 0 amide bonds. The van der Waals surface area contributed by atoms with Gasteiger partial charge in [0.15, 0.2) is 0 Å². The van der Waals surface area contributed by atoms with Gasteiger partial charge in [-0.3, -0.25) is 0 Å². The van der Waals surface area contributed by atoms with Crippen molar-refractivity contribution in [1.82, 2.24) is 4.98 Å². The molecule has 0 aliphatic carbocycles. The van der Waals surface area contributed by atoms with Gasteiger partial charge in [0.2, 0.25) is 0 Å². The van der Waals surface area contributed by atoms with Gasteiger partial charge >= 0.3 is 0 Å². The summed E-state index contributed by atoms with van der Waals surface area (Å²) in [6, 6.07) is 45.8. The number of likely N-dealkylation sites (N-methyl/N-ethyl adjacent to an activating group) is 2. The molecule has 0 bridgehead atoms. The first-order chi connectivity index (χ1) is 22.2. The summed E-state index contributed by atoms with van der Waals surface area (Å²) in [6.07, 6.45) is 8.36. The molecule has 1 aromatic heterocycles. The fourth-order valence-electron chi connectivity index (χ4n) is 5.70. The fourth-order valence-corrected chi connectivity index (χ4v) is 5.70. The number of para-hydroxylation sites is 2. The molecule has 1 N–H and O–H groups in total. The number of amidine groups is 2. The highest BCUT2D eigenvalue weighted by Gasteiger charge is 2.21. The highest BCUT2D eigenvalue weighted by Crippen LogP contribution is 2.35. The van der Waals surface area contributed by atoms with Gasteiger partial charge in [0.05, 0.1) is 11.4 Å². The van der Waals surface area contributed by atoms with Crippen molar-refractivity contribution in [3.63, 3.8) is 0 Å². The number of H-pyrrole nitrogens is 1. The summed E-state index contributed by atoms with van der Waals surface area (Å²) in [5.74, 6) is 1.79. The highest BCUT2D eigenvalue weighted by atomic mass is 15.2. The maximum Gasteiger partial charge on any atom is 0.133 e. The Morgan fingerprint density at radius 1 is 0.444 bits per heavy atom. The minimum atomic E-state index is 0.893. The van der Waals surface area contributed by atoms with E-state index in [1.54, 1.807) is 0 Å². The van der Waals surface area contributed by atoms with Crippen LogP contribution in [0.2, 0.25) is 0 Å². The topological polar surface area (TPSA) is 47.0 Å². The van der Waals surface area contributed by atoms with E-state index in [1.807, 2.05) is 62.6 Å². The maximum absolute atomic E-state index is 5.11. The third-order valence-corrected chi connectivity index (χ3v) is 8.09. The number of nitrogens with one attached hydrogen (secondary N) is 1. The van der Waals surface area contributed by atoms with Crippen LogP contribution in [0.5, 0.6) is 0 Å². The summed E-state index contributed by atoms with van der Waals surface area (Å²) in [7, 11) is 4.10. The van der Waals surface area contributed by atoms with E-state index in [1.165, 1.54) is 0 Å². The molecule has 0 unspecified atom stereocenters. The zero-order chi connectivity index (χ0) is 30.6. The van der Waals surface area contributed by atoms with Crippen LogP contribution < -0.4 is 9.80 Å². The standard InChI is InChI=1S/C40H33N5/c1-44(31-19-11-5-12-20-31)37-27-25-35(42-37)39(29-15-7-3-8-16-29)33-23-24-34(41-33)40(30-17-9-4-10-18-30)36-26-28-38(43-36)45(2)32-21-13-6-14-22-32/h3-28,41H,1-2H3/b39-35-,40-36-. The fraction of sp³-hybridized carbons (Fsp3) is 0.0500. The quantitative estimate of drug-likeness (QED) is 0.217. The zero-order valence-corrected chi connectivity index (χ0v) is 25.3. The van der Waals surface area contributed by atoms with Crippen LogP contribution in [0.25, 0.3) is 11.1 Å². The van der Waals surface area contributed by atoms with Gasteiger partial charge in [-0.05, 0) is 71.8 Å². The summed E-state index contributed by atoms with van der Waals surface area (Å²) >= 11 is 0. The van der Waals surface area contributed by atoms with Crippen molar-refractivity contribution < 1.29 is 0 Å². The number of nitrogens with zero attached hydrogens (tertiary/aromatic N) is 4. The Bertz CT molecular complexity index is 1850. The normalized spacial score (nSPS) is 16.0. The van der Waals surface area contributed by atoms with Crippen LogP contribution in [0.4, 0.5) is 11.4 Å². The lowest BCUT2D eigenvalue weighted by Crippen LogP contribution is -2.23. The number of hydrogen-bond donors (Lipinski definition) is 1. The second kappa shape index (κ2) is 12.3. The molecule has 45 heavy (non-hydrogen) atoms. The summed E-state index contributed by atoms with van der Waals surface area (Å²) < 4.78 is 0. The van der Waals surface area contributed by atoms with Gasteiger partial charge in [0.1, 0.15) is 11.7 Å². The maximum atomic E-state index is 5.11. The SMILES string of the molecule is CN(C1=N/C(=C(/c2ccccc2)c2ccc(/C(=C3/C=CC(N(C)c4ccccc4)=N3)c3ccccc3)[nH]2)C=C1)c1ccccc1. The van der Waals surface area contributed by atoms with E-state index in [-0.39, 0.29) is 0 Å². The Morgan fingerprint density at radius 3 is 1.18 bits per heavy atom. The molecule has 0 saturated carbocycles. The van der Waals surface area contributed by atoms with E-state index in [4.69, 9.17) is 9.98 Å². The van der Waals surface area contributed by atoms with Crippen LogP contribution in [-0.2, 0) is 0 Å². The number of hydrogen-bond acceptors (Lipinski definition) is 4. The lowest BCUT2D eigenvalue weighted by atomic mass is 10.0. The number of aromatic nitrogens is 1. The average Bonchev–Trinajstić information content (AvgIpc) is 3.89. The number of anilines is 2. The molecule has 2 aliphatic rings.